The SMILES string of the molecule is COC(=O)[C@@]1(C)NC(=S)N(P(=O)(c2ccccc2)c2ccccc2)[C@]1(C)c1ccc(OC)cc1. The number of nitrogens with zero attached hydrogens (tertiary/aromatic N) is 1. The fourth-order valence-electron chi connectivity index (χ4n) is 4.63. The first kappa shape index (κ1) is 24.0. The number of carbonyl (C=O) groups is 1. The largest absolute Gasteiger partial charge is 0.497 e. The minimum absolute atomic E-state index is 0.210. The number of esters is 1. The van der Waals surface area contributed by atoms with Crippen LogP contribution in [-0.2, 0) is 19.6 Å². The van der Waals surface area contributed by atoms with Gasteiger partial charge in [-0.3, -0.25) is 9.24 Å². The molecule has 3 aromatic rings. The van der Waals surface area contributed by atoms with Crippen LogP contribution < -0.4 is 20.7 Å². The van der Waals surface area contributed by atoms with Gasteiger partial charge in [-0.2, -0.15) is 0 Å². The summed E-state index contributed by atoms with van der Waals surface area (Å²) in [6.07, 6.45) is 0. The molecular weight excluding hydrogens is 467 g/mol. The summed E-state index contributed by atoms with van der Waals surface area (Å²) in [7, 11) is -0.646. The third-order valence-electron chi connectivity index (χ3n) is 6.69. The number of ether oxygens (including phenoxy) is 2. The molecule has 0 aromatic heterocycles. The van der Waals surface area contributed by atoms with Crippen LogP contribution in [0.15, 0.2) is 84.9 Å². The Morgan fingerprint density at radius 3 is 1.82 bits per heavy atom. The lowest BCUT2D eigenvalue weighted by atomic mass is 9.75. The van der Waals surface area contributed by atoms with E-state index in [1.165, 1.54) is 7.11 Å². The van der Waals surface area contributed by atoms with Crippen molar-refractivity contribution in [2.45, 2.75) is 24.9 Å². The van der Waals surface area contributed by atoms with Crippen LogP contribution >= 0.6 is 19.5 Å². The Hall–Kier alpha value is -3.15. The van der Waals surface area contributed by atoms with Gasteiger partial charge in [0.2, 0.25) is 7.29 Å². The fraction of sp³-hybridized carbons (Fsp3) is 0.231. The molecule has 1 N–H and O–H groups in total. The van der Waals surface area contributed by atoms with Gasteiger partial charge in [-0.05, 0) is 68.0 Å². The predicted molar refractivity (Wildman–Crippen MR) is 138 cm³/mol. The number of benzene rings is 3. The zero-order chi connectivity index (χ0) is 24.6. The van der Waals surface area contributed by atoms with Crippen LogP contribution in [0.25, 0.3) is 0 Å². The lowest BCUT2D eigenvalue weighted by molar-refractivity contribution is -0.150. The van der Waals surface area contributed by atoms with E-state index in [1.54, 1.807) is 18.7 Å². The molecular formula is C26H27N2O4PS. The minimum atomic E-state index is -3.57. The van der Waals surface area contributed by atoms with Gasteiger partial charge in [-0.25, -0.2) is 4.79 Å². The monoisotopic (exact) mass is 494 g/mol. The third-order valence-corrected chi connectivity index (χ3v) is 10.3. The summed E-state index contributed by atoms with van der Waals surface area (Å²) in [5, 5.41) is 4.60. The van der Waals surface area contributed by atoms with E-state index < -0.39 is 24.3 Å². The van der Waals surface area contributed by atoms with Gasteiger partial charge in [0.05, 0.1) is 14.2 Å². The van der Waals surface area contributed by atoms with Crippen molar-refractivity contribution >= 4 is 41.2 Å². The van der Waals surface area contributed by atoms with E-state index >= 15 is 4.57 Å². The third kappa shape index (κ3) is 3.42. The molecule has 1 saturated heterocycles. The average Bonchev–Trinajstić information content (AvgIpc) is 3.10. The van der Waals surface area contributed by atoms with E-state index in [0.29, 0.717) is 16.4 Å². The highest BCUT2D eigenvalue weighted by molar-refractivity contribution is 7.83. The normalized spacial score (nSPS) is 22.2. The average molecular weight is 495 g/mol. The molecule has 0 saturated carbocycles. The summed E-state index contributed by atoms with van der Waals surface area (Å²) in [4.78, 5) is 13.3. The van der Waals surface area contributed by atoms with Crippen LogP contribution in [0.5, 0.6) is 5.75 Å². The Morgan fingerprint density at radius 1 is 0.882 bits per heavy atom. The molecule has 3 aromatic carbocycles. The first-order valence-corrected chi connectivity index (χ1v) is 12.9. The van der Waals surface area contributed by atoms with E-state index in [0.717, 1.165) is 5.56 Å². The van der Waals surface area contributed by atoms with Gasteiger partial charge in [0.1, 0.15) is 11.3 Å². The number of hydrogen-bond acceptors (Lipinski definition) is 5. The number of carbonyl (C=O) groups excluding carboxylic acids is 1. The first-order chi connectivity index (χ1) is 16.2. The molecule has 0 spiro atoms. The molecule has 0 radical (unpaired) electrons. The van der Waals surface area contributed by atoms with Gasteiger partial charge >= 0.3 is 5.97 Å². The highest BCUT2D eigenvalue weighted by Crippen LogP contribution is 2.60. The van der Waals surface area contributed by atoms with Crippen molar-refractivity contribution in [2.24, 2.45) is 0 Å². The predicted octanol–water partition coefficient (Wildman–Crippen LogP) is 3.96. The van der Waals surface area contributed by atoms with Crippen molar-refractivity contribution in [1.82, 2.24) is 9.99 Å². The van der Waals surface area contributed by atoms with Gasteiger partial charge < -0.3 is 14.8 Å². The molecule has 1 heterocycles. The molecule has 0 unspecified atom stereocenters. The van der Waals surface area contributed by atoms with Crippen LogP contribution in [0.4, 0.5) is 0 Å². The number of thiocarbonyl (C=S) groups is 1. The number of hydrogen-bond donors (Lipinski definition) is 1. The Bertz CT molecular complexity index is 1210. The molecule has 2 atom stereocenters. The maximum absolute atomic E-state index is 15.4. The lowest BCUT2D eigenvalue weighted by Gasteiger charge is -2.46. The van der Waals surface area contributed by atoms with Crippen molar-refractivity contribution < 1.29 is 18.8 Å². The molecule has 1 fully saturated rings. The van der Waals surface area contributed by atoms with Gasteiger partial charge in [-0.15, -0.1) is 0 Å². The van der Waals surface area contributed by atoms with Crippen molar-refractivity contribution in [3.63, 3.8) is 0 Å². The second-order valence-electron chi connectivity index (χ2n) is 8.41. The molecule has 8 heteroatoms. The van der Waals surface area contributed by atoms with Crippen molar-refractivity contribution in [2.75, 3.05) is 14.2 Å². The van der Waals surface area contributed by atoms with Crippen molar-refractivity contribution in [3.8, 4) is 5.75 Å². The van der Waals surface area contributed by atoms with Gasteiger partial charge in [0, 0.05) is 10.6 Å². The summed E-state index contributed by atoms with van der Waals surface area (Å²) in [6, 6.07) is 25.8. The zero-order valence-electron chi connectivity index (χ0n) is 19.5. The summed E-state index contributed by atoms with van der Waals surface area (Å²) in [6.45, 7) is 3.60. The van der Waals surface area contributed by atoms with Gasteiger partial charge in [0.15, 0.2) is 10.7 Å². The standard InChI is InChI=1S/C26H27N2O4PS/c1-25(23(29)32-4)26(2,19-15-17-20(31-3)18-16-19)28(24(34)27-25)33(30,21-11-7-5-8-12-21)22-13-9-6-10-14-22/h5-18H,1-4H3,(H,27,34)/t25-,26-/m1/s1. The number of methoxy groups -OCH3 is 2. The van der Waals surface area contributed by atoms with Gasteiger partial charge in [0.25, 0.3) is 0 Å². The quantitative estimate of drug-likeness (QED) is 0.316. The first-order valence-electron chi connectivity index (χ1n) is 10.8. The molecule has 0 bridgehead atoms. The van der Waals surface area contributed by atoms with Crippen LogP contribution in [0.2, 0.25) is 0 Å². The summed E-state index contributed by atoms with van der Waals surface area (Å²) in [5.41, 5.74) is -1.77. The molecule has 34 heavy (non-hydrogen) atoms. The molecule has 1 aliphatic rings. The number of nitrogens with one attached hydrogen (secondary N) is 1. The smallest absolute Gasteiger partial charge is 0.334 e. The van der Waals surface area contributed by atoms with Crippen molar-refractivity contribution in [3.05, 3.63) is 90.5 Å². The molecule has 0 amide bonds. The highest BCUT2D eigenvalue weighted by Gasteiger charge is 2.66. The van der Waals surface area contributed by atoms with E-state index in [2.05, 4.69) is 5.32 Å². The molecule has 6 nitrogen and oxygen atoms in total. The van der Waals surface area contributed by atoms with E-state index in [4.69, 9.17) is 21.7 Å². The molecule has 4 rings (SSSR count). The summed E-state index contributed by atoms with van der Waals surface area (Å²) in [5.74, 6) is 0.157. The van der Waals surface area contributed by atoms with E-state index in [-0.39, 0.29) is 5.11 Å². The van der Waals surface area contributed by atoms with Crippen molar-refractivity contribution in [1.29, 1.82) is 0 Å². The molecule has 1 aliphatic heterocycles. The Labute approximate surface area is 205 Å². The Balaban J connectivity index is 2.06. The zero-order valence-corrected chi connectivity index (χ0v) is 21.2. The van der Waals surface area contributed by atoms with E-state index in [9.17, 15) is 4.79 Å². The maximum Gasteiger partial charge on any atom is 0.334 e. The number of rotatable bonds is 6. The van der Waals surface area contributed by atoms with E-state index in [1.807, 2.05) is 91.9 Å². The summed E-state index contributed by atoms with van der Waals surface area (Å²) >= 11 is 5.81. The topological polar surface area (TPSA) is 67.9 Å². The highest BCUT2D eigenvalue weighted by atomic mass is 32.1. The Kier molecular flexibility index (Phi) is 6.28. The second-order valence-corrected chi connectivity index (χ2v) is 11.4. The maximum atomic E-state index is 15.4. The Morgan fingerprint density at radius 2 is 1.38 bits per heavy atom. The minimum Gasteiger partial charge on any atom is -0.497 e. The van der Waals surface area contributed by atoms with Crippen LogP contribution in [0.3, 0.4) is 0 Å². The summed E-state index contributed by atoms with van der Waals surface area (Å²) < 4.78 is 27.6. The molecule has 176 valence electrons. The lowest BCUT2D eigenvalue weighted by Crippen LogP contribution is -2.60. The van der Waals surface area contributed by atoms with Crippen LogP contribution in [0.1, 0.15) is 19.4 Å². The molecule has 0 aliphatic carbocycles. The van der Waals surface area contributed by atoms with Gasteiger partial charge in [-0.1, -0.05) is 48.5 Å². The fourth-order valence-corrected chi connectivity index (χ4v) is 8.46. The van der Waals surface area contributed by atoms with Crippen LogP contribution in [0, 0.1) is 0 Å². The van der Waals surface area contributed by atoms with Crippen LogP contribution in [-0.4, -0.2) is 35.5 Å². The second kappa shape index (κ2) is 8.90.